The molecule has 1 saturated heterocycles. The Labute approximate surface area is 157 Å². The van der Waals surface area contributed by atoms with Crippen molar-refractivity contribution in [2.24, 2.45) is 0 Å². The van der Waals surface area contributed by atoms with Gasteiger partial charge in [0, 0.05) is 18.2 Å². The number of carbonyl (C=O) groups is 1. The first-order valence-electron chi connectivity index (χ1n) is 8.53. The van der Waals surface area contributed by atoms with Gasteiger partial charge in [-0.1, -0.05) is 5.10 Å². The maximum Gasteiger partial charge on any atom is 0.522 e. The summed E-state index contributed by atoms with van der Waals surface area (Å²) in [5.41, 5.74) is 0.501. The van der Waals surface area contributed by atoms with Crippen LogP contribution in [0.2, 0.25) is 0 Å². The molecule has 28 heavy (non-hydrogen) atoms. The van der Waals surface area contributed by atoms with E-state index in [2.05, 4.69) is 20.3 Å². The first-order valence-corrected chi connectivity index (χ1v) is 8.53. The third kappa shape index (κ3) is 4.77. The summed E-state index contributed by atoms with van der Waals surface area (Å²) in [7, 11) is 0. The van der Waals surface area contributed by atoms with E-state index in [1.807, 2.05) is 0 Å². The van der Waals surface area contributed by atoms with Gasteiger partial charge in [-0.05, 0) is 44.5 Å². The van der Waals surface area contributed by atoms with Crippen LogP contribution in [0.1, 0.15) is 20.3 Å². The van der Waals surface area contributed by atoms with Gasteiger partial charge in [-0.3, -0.25) is 9.53 Å². The molecule has 3 atom stereocenters. The number of nitrogens with one attached hydrogen (secondary N) is 1. The number of ether oxygens (including phenoxy) is 1. The Morgan fingerprint density at radius 2 is 2.00 bits per heavy atom. The van der Waals surface area contributed by atoms with E-state index in [9.17, 15) is 22.4 Å². The molecule has 0 bridgehead atoms. The second kappa shape index (κ2) is 7.74. The summed E-state index contributed by atoms with van der Waals surface area (Å²) in [4.78, 5) is 13.9. The lowest BCUT2D eigenvalue weighted by Crippen LogP contribution is -2.43. The topological polar surface area (TPSA) is 80.5 Å². The normalized spacial score (nSPS) is 21.0. The zero-order valence-electron chi connectivity index (χ0n) is 15.0. The van der Waals surface area contributed by atoms with Crippen molar-refractivity contribution in [3.8, 4) is 11.5 Å². The van der Waals surface area contributed by atoms with Gasteiger partial charge in [-0.15, -0.1) is 18.3 Å². The van der Waals surface area contributed by atoms with Crippen LogP contribution in [-0.2, 0) is 9.53 Å². The molecular weight excluding hydrogens is 384 g/mol. The molecule has 1 aromatic carbocycles. The first kappa shape index (κ1) is 20.1. The fourth-order valence-corrected chi connectivity index (χ4v) is 3.05. The van der Waals surface area contributed by atoms with Crippen molar-refractivity contribution < 1.29 is 31.5 Å². The van der Waals surface area contributed by atoms with E-state index in [0.717, 1.165) is 0 Å². The number of hydrogen-bond acceptors (Lipinski definition) is 6. The number of amides is 1. The van der Waals surface area contributed by atoms with Gasteiger partial charge < -0.3 is 14.6 Å². The molecule has 1 amide bonds. The van der Waals surface area contributed by atoms with E-state index in [0.29, 0.717) is 5.56 Å². The molecule has 1 N–H and O–H groups in total. The summed E-state index contributed by atoms with van der Waals surface area (Å²) in [6, 6.07) is 4.17. The van der Waals surface area contributed by atoms with Crippen molar-refractivity contribution in [2.45, 2.75) is 44.8 Å². The second-order valence-corrected chi connectivity index (χ2v) is 6.55. The maximum absolute atomic E-state index is 13.0. The van der Waals surface area contributed by atoms with Crippen LogP contribution < -0.4 is 5.32 Å². The standard InChI is InChI=1S/C17H18F4N4O3/c1-9-7-13(28-17(19,20)21)8-25(9)15(26)10(2)22-16-24-23-14(27-16)11-3-5-12(18)6-4-11/h3-6,9-10,13H,7-8H2,1-2H3,(H,22,24)/t9-,10+,13?/m0/s1. The number of likely N-dealkylation sites (tertiary alicyclic amines) is 1. The number of carbonyl (C=O) groups excluding carboxylic acids is 1. The Morgan fingerprint density at radius 3 is 2.64 bits per heavy atom. The molecule has 3 rings (SSSR count). The van der Waals surface area contributed by atoms with Gasteiger partial charge in [-0.25, -0.2) is 4.39 Å². The molecule has 2 aromatic rings. The highest BCUT2D eigenvalue weighted by Gasteiger charge is 2.41. The summed E-state index contributed by atoms with van der Waals surface area (Å²) < 4.78 is 59.6. The van der Waals surface area contributed by atoms with Crippen LogP contribution in [0.4, 0.5) is 23.6 Å². The number of hydrogen-bond donors (Lipinski definition) is 1. The summed E-state index contributed by atoms with van der Waals surface area (Å²) in [5.74, 6) is -0.689. The Balaban J connectivity index is 1.61. The van der Waals surface area contributed by atoms with E-state index in [1.54, 1.807) is 6.92 Å². The summed E-state index contributed by atoms with van der Waals surface area (Å²) in [5, 5.41) is 10.3. The lowest BCUT2D eigenvalue weighted by molar-refractivity contribution is -0.340. The average Bonchev–Trinajstić information content (AvgIpc) is 3.20. The van der Waals surface area contributed by atoms with E-state index < -0.39 is 36.3 Å². The SMILES string of the molecule is C[C@@H](Nc1nnc(-c2ccc(F)cc2)o1)C(=O)N1CC(OC(F)(F)F)C[C@@H]1C. The Morgan fingerprint density at radius 1 is 1.32 bits per heavy atom. The number of nitrogens with zero attached hydrogens (tertiary/aromatic N) is 3. The molecule has 1 fully saturated rings. The minimum Gasteiger partial charge on any atom is -0.403 e. The number of halogens is 4. The minimum atomic E-state index is -4.74. The first-order chi connectivity index (χ1) is 13.1. The summed E-state index contributed by atoms with van der Waals surface area (Å²) >= 11 is 0. The minimum absolute atomic E-state index is 0.0323. The highest BCUT2D eigenvalue weighted by atomic mass is 19.4. The van der Waals surface area contributed by atoms with Crippen LogP contribution in [0.3, 0.4) is 0 Å². The van der Waals surface area contributed by atoms with Gasteiger partial charge >= 0.3 is 12.4 Å². The molecular formula is C17H18F4N4O3. The van der Waals surface area contributed by atoms with Gasteiger partial charge in [0.2, 0.25) is 11.8 Å². The zero-order chi connectivity index (χ0) is 20.5. The zero-order valence-corrected chi connectivity index (χ0v) is 15.0. The average molecular weight is 402 g/mol. The van der Waals surface area contributed by atoms with Crippen molar-refractivity contribution in [1.29, 1.82) is 0 Å². The van der Waals surface area contributed by atoms with E-state index in [4.69, 9.17) is 4.42 Å². The van der Waals surface area contributed by atoms with Gasteiger partial charge in [0.25, 0.3) is 0 Å². The van der Waals surface area contributed by atoms with Crippen LogP contribution >= 0.6 is 0 Å². The molecule has 0 radical (unpaired) electrons. The van der Waals surface area contributed by atoms with Crippen LogP contribution in [-0.4, -0.2) is 52.1 Å². The molecule has 0 aliphatic carbocycles. The van der Waals surface area contributed by atoms with Gasteiger partial charge in [-0.2, -0.15) is 0 Å². The lowest BCUT2D eigenvalue weighted by Gasteiger charge is -2.25. The third-order valence-electron chi connectivity index (χ3n) is 4.35. The smallest absolute Gasteiger partial charge is 0.403 e. The quantitative estimate of drug-likeness (QED) is 0.774. The van der Waals surface area contributed by atoms with Crippen molar-refractivity contribution in [1.82, 2.24) is 15.1 Å². The predicted molar refractivity (Wildman–Crippen MR) is 89.5 cm³/mol. The highest BCUT2D eigenvalue weighted by Crippen LogP contribution is 2.28. The van der Waals surface area contributed by atoms with Crippen LogP contribution in [0, 0.1) is 5.82 Å². The molecule has 2 heterocycles. The van der Waals surface area contributed by atoms with Gasteiger partial charge in [0.05, 0.1) is 6.10 Å². The van der Waals surface area contributed by atoms with Crippen molar-refractivity contribution in [2.75, 3.05) is 11.9 Å². The fourth-order valence-electron chi connectivity index (χ4n) is 3.05. The van der Waals surface area contributed by atoms with Gasteiger partial charge in [0.1, 0.15) is 11.9 Å². The van der Waals surface area contributed by atoms with E-state index in [1.165, 1.54) is 36.1 Å². The highest BCUT2D eigenvalue weighted by molar-refractivity contribution is 5.84. The lowest BCUT2D eigenvalue weighted by atomic mass is 10.2. The fraction of sp³-hybridized carbons (Fsp3) is 0.471. The van der Waals surface area contributed by atoms with Crippen molar-refractivity contribution in [3.05, 3.63) is 30.1 Å². The Bertz CT molecular complexity index is 825. The molecule has 0 spiro atoms. The number of anilines is 1. The second-order valence-electron chi connectivity index (χ2n) is 6.55. The largest absolute Gasteiger partial charge is 0.522 e. The Hall–Kier alpha value is -2.69. The van der Waals surface area contributed by atoms with Crippen molar-refractivity contribution in [3.63, 3.8) is 0 Å². The monoisotopic (exact) mass is 402 g/mol. The predicted octanol–water partition coefficient (Wildman–Crippen LogP) is 3.20. The van der Waals surface area contributed by atoms with Crippen LogP contribution in [0.25, 0.3) is 11.5 Å². The van der Waals surface area contributed by atoms with Gasteiger partial charge in [0.15, 0.2) is 0 Å². The number of rotatable bonds is 5. The molecule has 0 saturated carbocycles. The van der Waals surface area contributed by atoms with Crippen LogP contribution in [0.5, 0.6) is 0 Å². The van der Waals surface area contributed by atoms with Crippen LogP contribution in [0.15, 0.2) is 28.7 Å². The van der Waals surface area contributed by atoms with E-state index in [-0.39, 0.29) is 24.9 Å². The molecule has 11 heteroatoms. The molecule has 1 aromatic heterocycles. The molecule has 1 aliphatic rings. The summed E-state index contributed by atoms with van der Waals surface area (Å²) in [6.07, 6.45) is -5.75. The molecule has 152 valence electrons. The summed E-state index contributed by atoms with van der Waals surface area (Å²) in [6.45, 7) is 3.04. The third-order valence-corrected chi connectivity index (χ3v) is 4.35. The maximum atomic E-state index is 13.0. The Kier molecular flexibility index (Phi) is 5.54. The number of aromatic nitrogens is 2. The number of alkyl halides is 3. The molecule has 1 aliphatic heterocycles. The number of benzene rings is 1. The van der Waals surface area contributed by atoms with E-state index >= 15 is 0 Å². The molecule has 7 nitrogen and oxygen atoms in total. The molecule has 1 unspecified atom stereocenters. The van der Waals surface area contributed by atoms with Crippen molar-refractivity contribution >= 4 is 11.9 Å².